The van der Waals surface area contributed by atoms with Crippen LogP contribution in [0.3, 0.4) is 0 Å². The number of ether oxygens (including phenoxy) is 2. The molecule has 0 amide bonds. The summed E-state index contributed by atoms with van der Waals surface area (Å²) >= 11 is 0. The number of rotatable bonds is 5. The topological polar surface area (TPSA) is 81.8 Å². The Bertz CT molecular complexity index is 590. The predicted molar refractivity (Wildman–Crippen MR) is 66.4 cm³/mol. The first kappa shape index (κ1) is 12.9. The van der Waals surface area contributed by atoms with Crippen LogP contribution in [0.5, 0.6) is 11.5 Å². The van der Waals surface area contributed by atoms with Gasteiger partial charge in [-0.15, -0.1) is 0 Å². The van der Waals surface area contributed by atoms with Crippen LogP contribution in [0.2, 0.25) is 0 Å². The average molecular weight is 263 g/mol. The van der Waals surface area contributed by atoms with Crippen LogP contribution in [0.4, 0.5) is 0 Å². The van der Waals surface area contributed by atoms with Gasteiger partial charge in [-0.05, 0) is 18.2 Å². The Morgan fingerprint density at radius 2 is 2.11 bits per heavy atom. The minimum atomic E-state index is -0.972. The fourth-order valence-electron chi connectivity index (χ4n) is 1.69. The van der Waals surface area contributed by atoms with Gasteiger partial charge in [-0.2, -0.15) is 0 Å². The molecule has 0 atom stereocenters. The third-order valence-electron chi connectivity index (χ3n) is 2.57. The maximum atomic E-state index is 10.6. The Kier molecular flexibility index (Phi) is 3.70. The molecule has 0 radical (unpaired) electrons. The second-order valence-electron chi connectivity index (χ2n) is 3.82. The number of aliphatic carboxylic acids is 1. The molecule has 0 saturated heterocycles. The number of carboxylic acid groups (broad SMARTS) is 1. The van der Waals surface area contributed by atoms with Crippen molar-refractivity contribution in [3.63, 3.8) is 0 Å². The zero-order valence-corrected chi connectivity index (χ0v) is 10.5. The first-order chi connectivity index (χ1) is 9.13. The van der Waals surface area contributed by atoms with Gasteiger partial charge >= 0.3 is 5.97 Å². The van der Waals surface area contributed by atoms with E-state index in [2.05, 4.69) is 5.16 Å². The quantitative estimate of drug-likeness (QED) is 0.888. The van der Waals surface area contributed by atoms with E-state index in [0.29, 0.717) is 22.8 Å². The first-order valence-corrected chi connectivity index (χ1v) is 5.54. The van der Waals surface area contributed by atoms with E-state index in [1.165, 1.54) is 0 Å². The average Bonchev–Trinajstić information content (AvgIpc) is 2.85. The molecule has 2 aromatic rings. The van der Waals surface area contributed by atoms with Crippen LogP contribution >= 0.6 is 0 Å². The molecular formula is C13H13NO5. The zero-order valence-electron chi connectivity index (χ0n) is 10.5. The van der Waals surface area contributed by atoms with Crippen molar-refractivity contribution in [1.29, 1.82) is 0 Å². The highest BCUT2D eigenvalue weighted by Gasteiger charge is 2.14. The minimum absolute atomic E-state index is 0.209. The van der Waals surface area contributed by atoms with Crippen molar-refractivity contribution in [1.82, 2.24) is 5.16 Å². The molecule has 0 aliphatic carbocycles. The van der Waals surface area contributed by atoms with Gasteiger partial charge in [0.15, 0.2) is 0 Å². The van der Waals surface area contributed by atoms with Crippen LogP contribution in [0, 0.1) is 0 Å². The summed E-state index contributed by atoms with van der Waals surface area (Å²) in [5.74, 6) is 0.572. The molecule has 6 nitrogen and oxygen atoms in total. The summed E-state index contributed by atoms with van der Waals surface area (Å²) in [6.07, 6.45) is -0.209. The Labute approximate surface area is 109 Å². The van der Waals surface area contributed by atoms with E-state index in [4.69, 9.17) is 19.1 Å². The van der Waals surface area contributed by atoms with E-state index in [9.17, 15) is 4.79 Å². The molecule has 19 heavy (non-hydrogen) atoms. The van der Waals surface area contributed by atoms with Crippen LogP contribution in [0.15, 0.2) is 28.8 Å². The number of carboxylic acids is 1. The zero-order chi connectivity index (χ0) is 13.8. The second kappa shape index (κ2) is 5.43. The Hall–Kier alpha value is -2.50. The Balaban J connectivity index is 2.39. The molecule has 1 heterocycles. The lowest BCUT2D eigenvalue weighted by Crippen LogP contribution is -1.97. The lowest BCUT2D eigenvalue weighted by atomic mass is 10.1. The van der Waals surface area contributed by atoms with Crippen molar-refractivity contribution in [3.8, 4) is 22.8 Å². The van der Waals surface area contributed by atoms with Gasteiger partial charge in [0.05, 0.1) is 14.2 Å². The molecule has 0 fully saturated rings. The SMILES string of the molecule is COc1ccc(OC)c(-c2cc(CC(=O)O)on2)c1. The number of methoxy groups -OCH3 is 2. The van der Waals surface area contributed by atoms with Crippen LogP contribution in [0.1, 0.15) is 5.76 Å². The summed E-state index contributed by atoms with van der Waals surface area (Å²) in [7, 11) is 3.10. The molecule has 0 aliphatic rings. The summed E-state index contributed by atoms with van der Waals surface area (Å²) in [5.41, 5.74) is 1.19. The highest BCUT2D eigenvalue weighted by atomic mass is 16.5. The van der Waals surface area contributed by atoms with Crippen molar-refractivity contribution in [2.75, 3.05) is 14.2 Å². The molecule has 1 N–H and O–H groups in total. The van der Waals surface area contributed by atoms with Crippen molar-refractivity contribution in [3.05, 3.63) is 30.0 Å². The van der Waals surface area contributed by atoms with Crippen LogP contribution < -0.4 is 9.47 Å². The van der Waals surface area contributed by atoms with E-state index in [0.717, 1.165) is 0 Å². The fourth-order valence-corrected chi connectivity index (χ4v) is 1.69. The maximum Gasteiger partial charge on any atom is 0.311 e. The predicted octanol–water partition coefficient (Wildman–Crippen LogP) is 1.99. The highest BCUT2D eigenvalue weighted by Crippen LogP contribution is 2.32. The Morgan fingerprint density at radius 1 is 1.32 bits per heavy atom. The monoisotopic (exact) mass is 263 g/mol. The van der Waals surface area contributed by atoms with E-state index in [-0.39, 0.29) is 12.2 Å². The van der Waals surface area contributed by atoms with Crippen LogP contribution in [-0.2, 0) is 11.2 Å². The summed E-state index contributed by atoms with van der Waals surface area (Å²) in [6.45, 7) is 0. The van der Waals surface area contributed by atoms with E-state index in [1.54, 1.807) is 38.5 Å². The summed E-state index contributed by atoms with van der Waals surface area (Å²) in [4.78, 5) is 10.6. The summed E-state index contributed by atoms with van der Waals surface area (Å²) in [6, 6.07) is 6.84. The van der Waals surface area contributed by atoms with Crippen LogP contribution in [-0.4, -0.2) is 30.5 Å². The molecule has 0 unspecified atom stereocenters. The second-order valence-corrected chi connectivity index (χ2v) is 3.82. The van der Waals surface area contributed by atoms with Gasteiger partial charge in [0, 0.05) is 11.6 Å². The van der Waals surface area contributed by atoms with Gasteiger partial charge in [0.25, 0.3) is 0 Å². The largest absolute Gasteiger partial charge is 0.497 e. The van der Waals surface area contributed by atoms with E-state index >= 15 is 0 Å². The molecule has 0 saturated carbocycles. The van der Waals surface area contributed by atoms with Gasteiger partial charge in [0.1, 0.15) is 29.4 Å². The highest BCUT2D eigenvalue weighted by molar-refractivity contribution is 5.72. The normalized spacial score (nSPS) is 10.2. The molecule has 1 aromatic carbocycles. The van der Waals surface area contributed by atoms with Crippen LogP contribution in [0.25, 0.3) is 11.3 Å². The standard InChI is InChI=1S/C13H13NO5/c1-17-8-3-4-12(18-2)10(5-8)11-6-9(19-14-11)7-13(15)16/h3-6H,7H2,1-2H3,(H,15,16). The Morgan fingerprint density at radius 3 is 2.74 bits per heavy atom. The summed E-state index contributed by atoms with van der Waals surface area (Å²) in [5, 5.41) is 12.5. The molecule has 2 rings (SSSR count). The molecule has 1 aromatic heterocycles. The first-order valence-electron chi connectivity index (χ1n) is 5.54. The minimum Gasteiger partial charge on any atom is -0.497 e. The number of carbonyl (C=O) groups is 1. The van der Waals surface area contributed by atoms with Gasteiger partial charge < -0.3 is 19.1 Å². The molecule has 0 spiro atoms. The third kappa shape index (κ3) is 2.85. The molecule has 0 bridgehead atoms. The number of nitrogens with zero attached hydrogens (tertiary/aromatic N) is 1. The fraction of sp³-hybridized carbons (Fsp3) is 0.231. The van der Waals surface area contributed by atoms with E-state index < -0.39 is 5.97 Å². The lowest BCUT2D eigenvalue weighted by molar-refractivity contribution is -0.136. The van der Waals surface area contributed by atoms with Crippen molar-refractivity contribution in [2.45, 2.75) is 6.42 Å². The van der Waals surface area contributed by atoms with Crippen molar-refractivity contribution < 1.29 is 23.9 Å². The van der Waals surface area contributed by atoms with Gasteiger partial charge in [0.2, 0.25) is 0 Å². The maximum absolute atomic E-state index is 10.6. The number of benzene rings is 1. The van der Waals surface area contributed by atoms with Gasteiger partial charge in [-0.3, -0.25) is 4.79 Å². The van der Waals surface area contributed by atoms with Crippen molar-refractivity contribution in [2.24, 2.45) is 0 Å². The number of aromatic nitrogens is 1. The molecule has 0 aliphatic heterocycles. The van der Waals surface area contributed by atoms with Gasteiger partial charge in [-0.1, -0.05) is 5.16 Å². The number of hydrogen-bond acceptors (Lipinski definition) is 5. The van der Waals surface area contributed by atoms with Crippen molar-refractivity contribution >= 4 is 5.97 Å². The number of hydrogen-bond donors (Lipinski definition) is 1. The third-order valence-corrected chi connectivity index (χ3v) is 2.57. The van der Waals surface area contributed by atoms with Gasteiger partial charge in [-0.25, -0.2) is 0 Å². The van der Waals surface area contributed by atoms with E-state index in [1.807, 2.05) is 0 Å². The molecule has 100 valence electrons. The summed E-state index contributed by atoms with van der Waals surface area (Å²) < 4.78 is 15.4. The smallest absolute Gasteiger partial charge is 0.311 e. The molecular weight excluding hydrogens is 250 g/mol. The molecule has 6 heteroatoms. The lowest BCUT2D eigenvalue weighted by Gasteiger charge is -2.07.